The number of sulfonamides is 1. The lowest BCUT2D eigenvalue weighted by Gasteiger charge is -2.26. The largest absolute Gasteiger partial charge is 0.495 e. The van der Waals surface area contributed by atoms with Crippen molar-refractivity contribution in [1.29, 1.82) is 0 Å². The highest BCUT2D eigenvalue weighted by Gasteiger charge is 2.30. The van der Waals surface area contributed by atoms with E-state index in [1.807, 2.05) is 6.07 Å². The maximum atomic E-state index is 13.6. The van der Waals surface area contributed by atoms with Crippen LogP contribution in [0.1, 0.15) is 18.5 Å². The Morgan fingerprint density at radius 2 is 1.76 bits per heavy atom. The summed E-state index contributed by atoms with van der Waals surface area (Å²) in [5.74, 6) is 6.10. The van der Waals surface area contributed by atoms with Crippen LogP contribution in [-0.4, -0.2) is 82.7 Å². The van der Waals surface area contributed by atoms with Crippen LogP contribution < -0.4 is 15.4 Å². The summed E-state index contributed by atoms with van der Waals surface area (Å²) in [7, 11) is -2.28. The molecule has 2 aliphatic rings. The Morgan fingerprint density at radius 3 is 2.48 bits per heavy atom. The predicted octanol–water partition coefficient (Wildman–Crippen LogP) is 4.29. The molecule has 0 amide bonds. The number of hydrogen-bond acceptors (Lipinski definition) is 7. The summed E-state index contributed by atoms with van der Waals surface area (Å²) in [6.45, 7) is 1.44. The second-order valence-corrected chi connectivity index (χ2v) is 12.0. The summed E-state index contributed by atoms with van der Waals surface area (Å²) < 4.78 is 85.3. The second kappa shape index (κ2) is 12.8. The molecule has 2 fully saturated rings. The van der Waals surface area contributed by atoms with Crippen LogP contribution in [0.3, 0.4) is 0 Å². The Balaban J connectivity index is 1.36. The molecule has 3 heterocycles. The zero-order valence-electron chi connectivity index (χ0n) is 23.2. The van der Waals surface area contributed by atoms with E-state index in [4.69, 9.17) is 14.2 Å². The van der Waals surface area contributed by atoms with Gasteiger partial charge in [-0.1, -0.05) is 12.0 Å². The van der Waals surface area contributed by atoms with Crippen LogP contribution in [0.2, 0.25) is 0 Å². The van der Waals surface area contributed by atoms with E-state index >= 15 is 0 Å². The standard InChI is InChI=1S/C29H33F3N4O5S/c1-39-28-19-23(42(37,38)35-12-16-41-17-13-35)7-8-26(28)33-11-3-4-22-18-24-25(34-21-9-14-40-15-10-21)5-2-6-27(24)36(22)20-29(30,31)32/h2,5-8,18-19,21,33-34H,9-17,20H2,1H3. The van der Waals surface area contributed by atoms with E-state index in [-0.39, 0.29) is 36.3 Å². The lowest BCUT2D eigenvalue weighted by atomic mass is 10.1. The first kappa shape index (κ1) is 30.0. The van der Waals surface area contributed by atoms with E-state index < -0.39 is 22.7 Å². The number of morpholine rings is 1. The highest BCUT2D eigenvalue weighted by atomic mass is 32.2. The van der Waals surface area contributed by atoms with Gasteiger partial charge in [-0.3, -0.25) is 0 Å². The van der Waals surface area contributed by atoms with Gasteiger partial charge in [0.1, 0.15) is 12.3 Å². The van der Waals surface area contributed by atoms with E-state index in [1.165, 1.54) is 28.1 Å². The second-order valence-electron chi connectivity index (χ2n) is 10.0. The molecule has 1 aromatic heterocycles. The van der Waals surface area contributed by atoms with Gasteiger partial charge in [-0.15, -0.1) is 0 Å². The molecule has 0 radical (unpaired) electrons. The van der Waals surface area contributed by atoms with Crippen molar-refractivity contribution in [2.45, 2.75) is 36.5 Å². The van der Waals surface area contributed by atoms with Crippen LogP contribution in [0.15, 0.2) is 47.4 Å². The Kier molecular flexibility index (Phi) is 9.17. The summed E-state index contributed by atoms with van der Waals surface area (Å²) in [5.41, 5.74) is 1.95. The van der Waals surface area contributed by atoms with Gasteiger partial charge < -0.3 is 29.4 Å². The van der Waals surface area contributed by atoms with Crippen molar-refractivity contribution in [3.05, 3.63) is 48.2 Å². The number of nitrogens with one attached hydrogen (secondary N) is 2. The normalized spacial score (nSPS) is 17.0. The maximum absolute atomic E-state index is 13.6. The van der Waals surface area contributed by atoms with Gasteiger partial charge in [0, 0.05) is 49.5 Å². The maximum Gasteiger partial charge on any atom is 0.406 e. The predicted molar refractivity (Wildman–Crippen MR) is 153 cm³/mol. The van der Waals surface area contributed by atoms with E-state index in [9.17, 15) is 21.6 Å². The number of ether oxygens (including phenoxy) is 3. The number of nitrogens with zero attached hydrogens (tertiary/aromatic N) is 2. The number of hydrogen-bond donors (Lipinski definition) is 2. The van der Waals surface area contributed by atoms with Gasteiger partial charge in [-0.25, -0.2) is 8.42 Å². The van der Waals surface area contributed by atoms with Gasteiger partial charge in [0.25, 0.3) is 0 Å². The van der Waals surface area contributed by atoms with Crippen molar-refractivity contribution in [3.8, 4) is 17.6 Å². The van der Waals surface area contributed by atoms with Gasteiger partial charge in [-0.2, -0.15) is 17.5 Å². The van der Waals surface area contributed by atoms with E-state index in [2.05, 4.69) is 22.5 Å². The molecule has 0 spiro atoms. The number of aromatic nitrogens is 1. The highest BCUT2D eigenvalue weighted by Crippen LogP contribution is 2.32. The zero-order valence-corrected chi connectivity index (χ0v) is 24.0. The molecule has 0 atom stereocenters. The average molecular weight is 607 g/mol. The Bertz CT molecular complexity index is 1570. The van der Waals surface area contributed by atoms with Crippen LogP contribution in [0.5, 0.6) is 5.75 Å². The van der Waals surface area contributed by atoms with Crippen molar-refractivity contribution in [3.63, 3.8) is 0 Å². The smallest absolute Gasteiger partial charge is 0.406 e. The van der Waals surface area contributed by atoms with E-state index in [0.717, 1.165) is 18.5 Å². The third-order valence-corrected chi connectivity index (χ3v) is 9.12. The number of rotatable bonds is 8. The summed E-state index contributed by atoms with van der Waals surface area (Å²) >= 11 is 0. The van der Waals surface area contributed by atoms with Gasteiger partial charge in [0.05, 0.1) is 48.7 Å². The van der Waals surface area contributed by atoms with Crippen molar-refractivity contribution >= 4 is 32.3 Å². The first-order chi connectivity index (χ1) is 20.2. The molecule has 13 heteroatoms. The molecule has 2 aliphatic heterocycles. The summed E-state index contributed by atoms with van der Waals surface area (Å²) in [4.78, 5) is 0.0970. The fourth-order valence-electron chi connectivity index (χ4n) is 5.11. The van der Waals surface area contributed by atoms with Crippen LogP contribution in [0, 0.1) is 11.8 Å². The molecule has 2 aromatic carbocycles. The number of anilines is 2. The first-order valence-electron chi connectivity index (χ1n) is 13.7. The highest BCUT2D eigenvalue weighted by molar-refractivity contribution is 7.89. The van der Waals surface area contributed by atoms with E-state index in [1.54, 1.807) is 24.3 Å². The molecule has 2 N–H and O–H groups in total. The van der Waals surface area contributed by atoms with Gasteiger partial charge in [-0.05, 0) is 49.1 Å². The van der Waals surface area contributed by atoms with Crippen molar-refractivity contribution in [1.82, 2.24) is 8.87 Å². The van der Waals surface area contributed by atoms with Gasteiger partial charge in [0.2, 0.25) is 10.0 Å². The fourth-order valence-corrected chi connectivity index (χ4v) is 6.54. The lowest BCUT2D eigenvalue weighted by molar-refractivity contribution is -0.140. The number of halogens is 3. The SMILES string of the molecule is COc1cc(S(=O)(=O)N2CCOCC2)ccc1NCC#Cc1cc2c(NC3CCOCC3)cccc2n1CC(F)(F)F. The number of fused-ring (bicyclic) bond motifs is 1. The van der Waals surface area contributed by atoms with Crippen LogP contribution >= 0.6 is 0 Å². The quantitative estimate of drug-likeness (QED) is 0.370. The lowest BCUT2D eigenvalue weighted by Crippen LogP contribution is -2.40. The van der Waals surface area contributed by atoms with E-state index in [0.29, 0.717) is 48.8 Å². The summed E-state index contributed by atoms with van der Waals surface area (Å²) in [6.07, 6.45) is -2.79. The number of benzene rings is 2. The summed E-state index contributed by atoms with van der Waals surface area (Å²) in [6, 6.07) is 11.6. The topological polar surface area (TPSA) is 94.1 Å². The minimum absolute atomic E-state index is 0.0899. The molecule has 3 aromatic rings. The Morgan fingerprint density at radius 1 is 1.02 bits per heavy atom. The van der Waals surface area contributed by atoms with Gasteiger partial charge in [0.15, 0.2) is 0 Å². The molecule has 2 saturated heterocycles. The minimum atomic E-state index is -4.43. The third-order valence-electron chi connectivity index (χ3n) is 7.23. The van der Waals surface area contributed by atoms with Crippen LogP contribution in [0.4, 0.5) is 24.5 Å². The van der Waals surface area contributed by atoms with Crippen molar-refractivity contribution in [2.75, 3.05) is 63.8 Å². The summed E-state index contributed by atoms with van der Waals surface area (Å²) in [5, 5.41) is 7.21. The number of methoxy groups -OCH3 is 1. The molecule has 0 saturated carbocycles. The van der Waals surface area contributed by atoms with Crippen LogP contribution in [-0.2, 0) is 26.0 Å². The monoisotopic (exact) mass is 606 g/mol. The van der Waals surface area contributed by atoms with Crippen molar-refractivity contribution < 1.29 is 35.8 Å². The molecule has 0 bridgehead atoms. The zero-order chi connectivity index (χ0) is 29.7. The molecule has 226 valence electrons. The molecule has 9 nitrogen and oxygen atoms in total. The number of alkyl halides is 3. The molecule has 5 rings (SSSR count). The minimum Gasteiger partial charge on any atom is -0.495 e. The molecular formula is C29H33F3N4O5S. The molecule has 42 heavy (non-hydrogen) atoms. The Hall–Kier alpha value is -3.44. The first-order valence-corrected chi connectivity index (χ1v) is 15.1. The average Bonchev–Trinajstić information content (AvgIpc) is 3.32. The molecule has 0 unspecified atom stereocenters. The van der Waals surface area contributed by atoms with Gasteiger partial charge >= 0.3 is 6.18 Å². The molecular weight excluding hydrogens is 573 g/mol. The third kappa shape index (κ3) is 6.95. The Labute approximate surface area is 243 Å². The molecule has 0 aliphatic carbocycles. The fraction of sp³-hybridized carbons (Fsp3) is 0.448. The van der Waals surface area contributed by atoms with Crippen molar-refractivity contribution in [2.24, 2.45) is 0 Å². The van der Waals surface area contributed by atoms with Crippen LogP contribution in [0.25, 0.3) is 10.9 Å².